The molecule has 0 aliphatic carbocycles. The molecule has 23 heavy (non-hydrogen) atoms. The molecule has 122 valence electrons. The first-order valence-corrected chi connectivity index (χ1v) is 8.68. The number of nitrogens with zero attached hydrogens (tertiary/aromatic N) is 1. The molecule has 1 unspecified atom stereocenters. The summed E-state index contributed by atoms with van der Waals surface area (Å²) in [6, 6.07) is 6.11. The van der Waals surface area contributed by atoms with Crippen molar-refractivity contribution in [3.8, 4) is 11.1 Å². The molecular formula is C20H23Cl2N. The molecule has 0 aliphatic rings. The third-order valence-electron chi connectivity index (χ3n) is 4.58. The monoisotopic (exact) mass is 347 g/mol. The van der Waals surface area contributed by atoms with Gasteiger partial charge in [-0.3, -0.25) is 0 Å². The summed E-state index contributed by atoms with van der Waals surface area (Å²) >= 11 is 12.8. The normalized spacial score (nSPS) is 12.3. The van der Waals surface area contributed by atoms with E-state index in [2.05, 4.69) is 38.4 Å². The molecule has 2 aromatic rings. The Morgan fingerprint density at radius 2 is 1.96 bits per heavy atom. The lowest BCUT2D eigenvalue weighted by atomic mass is 9.90. The Morgan fingerprint density at radius 3 is 2.57 bits per heavy atom. The van der Waals surface area contributed by atoms with Crippen molar-refractivity contribution in [2.45, 2.75) is 40.5 Å². The van der Waals surface area contributed by atoms with Crippen LogP contribution in [0.25, 0.3) is 11.1 Å². The average molecular weight is 348 g/mol. The molecule has 0 N–H and O–H groups in total. The summed E-state index contributed by atoms with van der Waals surface area (Å²) in [5.41, 5.74) is 6.61. The van der Waals surface area contributed by atoms with Crippen LogP contribution in [0.3, 0.4) is 0 Å². The van der Waals surface area contributed by atoms with Gasteiger partial charge in [-0.05, 0) is 67.0 Å². The predicted molar refractivity (Wildman–Crippen MR) is 101 cm³/mol. The molecule has 1 heterocycles. The van der Waals surface area contributed by atoms with E-state index >= 15 is 0 Å². The van der Waals surface area contributed by atoms with Gasteiger partial charge in [-0.2, -0.15) is 0 Å². The van der Waals surface area contributed by atoms with Gasteiger partial charge < -0.3 is 0 Å². The number of pyridine rings is 1. The lowest BCUT2D eigenvalue weighted by molar-refractivity contribution is 0.641. The Morgan fingerprint density at radius 1 is 1.26 bits per heavy atom. The van der Waals surface area contributed by atoms with Crippen LogP contribution in [0.2, 0.25) is 10.2 Å². The van der Waals surface area contributed by atoms with Gasteiger partial charge in [0.1, 0.15) is 5.15 Å². The van der Waals surface area contributed by atoms with Gasteiger partial charge in [0.2, 0.25) is 0 Å². The number of aryl methyl sites for hydroxylation is 1. The second kappa shape index (κ2) is 7.51. The van der Waals surface area contributed by atoms with Crippen LogP contribution in [0.5, 0.6) is 0 Å². The Bertz CT molecular complexity index is 714. The minimum Gasteiger partial charge on any atom is -0.244 e. The highest BCUT2D eigenvalue weighted by Crippen LogP contribution is 2.35. The van der Waals surface area contributed by atoms with E-state index in [0.29, 0.717) is 11.1 Å². The summed E-state index contributed by atoms with van der Waals surface area (Å²) in [5.74, 6) is 0.501. The van der Waals surface area contributed by atoms with Gasteiger partial charge in [0.25, 0.3) is 0 Å². The van der Waals surface area contributed by atoms with Crippen molar-refractivity contribution in [3.05, 3.63) is 63.4 Å². The van der Waals surface area contributed by atoms with Crippen LogP contribution >= 0.6 is 23.2 Å². The van der Waals surface area contributed by atoms with Crippen LogP contribution in [0.4, 0.5) is 0 Å². The Kier molecular flexibility index (Phi) is 5.89. The van der Waals surface area contributed by atoms with E-state index in [1.54, 1.807) is 6.20 Å². The molecule has 0 bridgehead atoms. The van der Waals surface area contributed by atoms with Gasteiger partial charge in [0, 0.05) is 16.8 Å². The smallest absolute Gasteiger partial charge is 0.137 e. The number of allylic oxidation sites excluding steroid dienone is 1. The molecule has 0 radical (unpaired) electrons. The summed E-state index contributed by atoms with van der Waals surface area (Å²) < 4.78 is 0. The largest absolute Gasteiger partial charge is 0.244 e. The Labute approximate surface area is 149 Å². The van der Waals surface area contributed by atoms with Crippen LogP contribution in [0, 0.1) is 19.8 Å². The highest BCUT2D eigenvalue weighted by atomic mass is 35.5. The fourth-order valence-corrected chi connectivity index (χ4v) is 3.20. The maximum absolute atomic E-state index is 6.48. The van der Waals surface area contributed by atoms with Gasteiger partial charge in [0.05, 0.1) is 0 Å². The maximum Gasteiger partial charge on any atom is 0.137 e. The van der Waals surface area contributed by atoms with Crippen molar-refractivity contribution >= 4 is 23.2 Å². The standard InChI is InChI=1S/C20H23Cl2N/c1-6-12(2)14(4)9-16-10-17(11-18(21)15(16)5)19-13(3)7-8-23-20(19)22/h7-8,10-12H,4,6,9H2,1-3,5H3. The number of rotatable bonds is 5. The molecule has 2 rings (SSSR count). The fraction of sp³-hybridized carbons (Fsp3) is 0.350. The second-order valence-corrected chi connectivity index (χ2v) is 6.95. The van der Waals surface area contributed by atoms with Crippen LogP contribution < -0.4 is 0 Å². The third kappa shape index (κ3) is 3.97. The SMILES string of the molecule is C=C(Cc1cc(-c2c(C)ccnc2Cl)cc(Cl)c1C)C(C)CC. The second-order valence-electron chi connectivity index (χ2n) is 6.18. The van der Waals surface area contributed by atoms with E-state index in [4.69, 9.17) is 23.2 Å². The van der Waals surface area contributed by atoms with Crippen molar-refractivity contribution in [1.29, 1.82) is 0 Å². The average Bonchev–Trinajstić information content (AvgIpc) is 2.50. The first-order chi connectivity index (χ1) is 10.8. The molecule has 1 aromatic carbocycles. The summed E-state index contributed by atoms with van der Waals surface area (Å²) in [6.45, 7) is 12.7. The molecule has 1 nitrogen and oxygen atoms in total. The van der Waals surface area contributed by atoms with Crippen molar-refractivity contribution in [1.82, 2.24) is 4.98 Å². The van der Waals surface area contributed by atoms with E-state index in [1.165, 1.54) is 11.1 Å². The van der Waals surface area contributed by atoms with Gasteiger partial charge in [-0.1, -0.05) is 55.3 Å². The van der Waals surface area contributed by atoms with E-state index in [0.717, 1.165) is 40.1 Å². The van der Waals surface area contributed by atoms with Crippen LogP contribution in [0.1, 0.15) is 37.0 Å². The highest BCUT2D eigenvalue weighted by Gasteiger charge is 2.14. The topological polar surface area (TPSA) is 12.9 Å². The van der Waals surface area contributed by atoms with E-state index in [1.807, 2.05) is 19.1 Å². The van der Waals surface area contributed by atoms with Crippen molar-refractivity contribution in [2.24, 2.45) is 5.92 Å². The lowest BCUT2D eigenvalue weighted by Gasteiger charge is -2.17. The number of aromatic nitrogens is 1. The first kappa shape index (κ1) is 18.0. The number of halogens is 2. The van der Waals surface area contributed by atoms with Crippen molar-refractivity contribution in [2.75, 3.05) is 0 Å². The summed E-state index contributed by atoms with van der Waals surface area (Å²) in [6.07, 6.45) is 3.66. The molecule has 1 aromatic heterocycles. The lowest BCUT2D eigenvalue weighted by Crippen LogP contribution is -2.02. The zero-order valence-electron chi connectivity index (χ0n) is 14.2. The van der Waals surface area contributed by atoms with E-state index < -0.39 is 0 Å². The molecule has 1 atom stereocenters. The third-order valence-corrected chi connectivity index (χ3v) is 5.26. The van der Waals surface area contributed by atoms with Crippen molar-refractivity contribution < 1.29 is 0 Å². The summed E-state index contributed by atoms with van der Waals surface area (Å²) in [5, 5.41) is 1.27. The maximum atomic E-state index is 6.48. The van der Waals surface area contributed by atoms with Crippen LogP contribution in [0.15, 0.2) is 36.5 Å². The molecule has 0 fully saturated rings. The zero-order chi connectivity index (χ0) is 17.1. The number of benzene rings is 1. The molecule has 3 heteroatoms. The Balaban J connectivity index is 2.50. The zero-order valence-corrected chi connectivity index (χ0v) is 15.7. The highest BCUT2D eigenvalue weighted by molar-refractivity contribution is 6.33. The molecule has 0 amide bonds. The van der Waals surface area contributed by atoms with Crippen LogP contribution in [-0.2, 0) is 6.42 Å². The minimum absolute atomic E-state index is 0.501. The molecule has 0 spiro atoms. The van der Waals surface area contributed by atoms with Gasteiger partial charge in [-0.15, -0.1) is 0 Å². The van der Waals surface area contributed by atoms with Gasteiger partial charge in [0.15, 0.2) is 0 Å². The quantitative estimate of drug-likeness (QED) is 0.427. The van der Waals surface area contributed by atoms with Gasteiger partial charge >= 0.3 is 0 Å². The van der Waals surface area contributed by atoms with Crippen LogP contribution in [-0.4, -0.2) is 4.98 Å². The molecule has 0 saturated heterocycles. The van der Waals surface area contributed by atoms with E-state index in [-0.39, 0.29) is 0 Å². The predicted octanol–water partition coefficient (Wildman–Crippen LogP) is 6.82. The molecular weight excluding hydrogens is 325 g/mol. The fourth-order valence-electron chi connectivity index (χ4n) is 2.64. The minimum atomic E-state index is 0.501. The first-order valence-electron chi connectivity index (χ1n) is 7.93. The number of hydrogen-bond acceptors (Lipinski definition) is 1. The van der Waals surface area contributed by atoms with Crippen molar-refractivity contribution in [3.63, 3.8) is 0 Å². The molecule has 0 saturated carbocycles. The Hall–Kier alpha value is -1.31. The number of hydrogen-bond donors (Lipinski definition) is 0. The summed E-state index contributed by atoms with van der Waals surface area (Å²) in [7, 11) is 0. The molecule has 0 aliphatic heterocycles. The summed E-state index contributed by atoms with van der Waals surface area (Å²) in [4.78, 5) is 4.21. The van der Waals surface area contributed by atoms with Gasteiger partial charge in [-0.25, -0.2) is 4.98 Å². The van der Waals surface area contributed by atoms with E-state index in [9.17, 15) is 0 Å².